The van der Waals surface area contributed by atoms with Gasteiger partial charge in [-0.2, -0.15) is 11.8 Å². The summed E-state index contributed by atoms with van der Waals surface area (Å²) in [7, 11) is 0. The molecule has 1 aromatic heterocycles. The lowest BCUT2D eigenvalue weighted by molar-refractivity contribution is -0.121. The topological polar surface area (TPSA) is 58.1 Å². The molecule has 0 bridgehead atoms. The third-order valence-corrected chi connectivity index (χ3v) is 5.70. The summed E-state index contributed by atoms with van der Waals surface area (Å²) < 4.78 is 0. The van der Waals surface area contributed by atoms with Crippen molar-refractivity contribution in [3.05, 3.63) is 40.9 Å². The fourth-order valence-corrected chi connectivity index (χ4v) is 4.23. The molecule has 1 fully saturated rings. The summed E-state index contributed by atoms with van der Waals surface area (Å²) in [5.41, 5.74) is 1.03. The second kappa shape index (κ2) is 7.90. The third kappa shape index (κ3) is 4.10. The van der Waals surface area contributed by atoms with E-state index < -0.39 is 0 Å². The molecule has 1 N–H and O–H groups in total. The zero-order chi connectivity index (χ0) is 16.1. The van der Waals surface area contributed by atoms with Crippen LogP contribution in [0.1, 0.15) is 23.5 Å². The molecule has 122 valence electrons. The van der Waals surface area contributed by atoms with Crippen molar-refractivity contribution >= 4 is 34.1 Å². The molecule has 0 radical (unpaired) electrons. The lowest BCUT2D eigenvalue weighted by Gasteiger charge is -2.33. The van der Waals surface area contributed by atoms with Gasteiger partial charge in [0, 0.05) is 24.6 Å². The number of hydrogen-bond acceptors (Lipinski definition) is 6. The van der Waals surface area contributed by atoms with Gasteiger partial charge in [-0.15, -0.1) is 10.2 Å². The molecule has 1 amide bonds. The highest BCUT2D eigenvalue weighted by molar-refractivity contribution is 7.99. The van der Waals surface area contributed by atoms with Crippen LogP contribution in [0.4, 0.5) is 5.13 Å². The first-order valence-electron chi connectivity index (χ1n) is 7.78. The Morgan fingerprint density at radius 2 is 2.00 bits per heavy atom. The van der Waals surface area contributed by atoms with E-state index in [1.165, 1.54) is 11.3 Å². The monoisotopic (exact) mass is 348 g/mol. The van der Waals surface area contributed by atoms with Crippen LogP contribution in [0.25, 0.3) is 0 Å². The van der Waals surface area contributed by atoms with Crippen molar-refractivity contribution < 1.29 is 4.79 Å². The number of nitrogens with one attached hydrogen (secondary N) is 1. The standard InChI is InChI=1S/C16H20N4OS2/c1-2-13-18-19-16(23-13)17-15(21)14(12-6-4-3-5-7-12)20-8-10-22-11-9-20/h3-7,14H,2,8-11H2,1H3,(H,17,19,21)/t14-/m1/s1. The first-order valence-corrected chi connectivity index (χ1v) is 9.75. The molecule has 0 spiro atoms. The zero-order valence-electron chi connectivity index (χ0n) is 13.1. The van der Waals surface area contributed by atoms with E-state index in [-0.39, 0.29) is 11.9 Å². The van der Waals surface area contributed by atoms with Gasteiger partial charge in [0.1, 0.15) is 11.0 Å². The minimum absolute atomic E-state index is 0.0260. The van der Waals surface area contributed by atoms with Crippen molar-refractivity contribution in [2.75, 3.05) is 29.9 Å². The second-order valence-corrected chi connectivity index (χ2v) is 7.59. The molecule has 1 aliphatic rings. The van der Waals surface area contributed by atoms with Gasteiger partial charge >= 0.3 is 0 Å². The van der Waals surface area contributed by atoms with Crippen LogP contribution in [0.5, 0.6) is 0 Å². The Morgan fingerprint density at radius 3 is 2.65 bits per heavy atom. The van der Waals surface area contributed by atoms with Gasteiger partial charge in [-0.1, -0.05) is 48.6 Å². The highest BCUT2D eigenvalue weighted by Crippen LogP contribution is 2.26. The number of benzene rings is 1. The van der Waals surface area contributed by atoms with Gasteiger partial charge in [0.2, 0.25) is 11.0 Å². The molecule has 7 heteroatoms. The number of carbonyl (C=O) groups is 1. The van der Waals surface area contributed by atoms with Crippen molar-refractivity contribution in [2.24, 2.45) is 0 Å². The Morgan fingerprint density at radius 1 is 1.26 bits per heavy atom. The average molecular weight is 348 g/mol. The van der Waals surface area contributed by atoms with Crippen LogP contribution < -0.4 is 5.32 Å². The largest absolute Gasteiger partial charge is 0.299 e. The van der Waals surface area contributed by atoms with Crippen LogP contribution >= 0.6 is 23.1 Å². The minimum Gasteiger partial charge on any atom is -0.299 e. The molecule has 2 heterocycles. The van der Waals surface area contributed by atoms with E-state index in [1.54, 1.807) is 0 Å². The fourth-order valence-electron chi connectivity index (χ4n) is 2.62. The molecular formula is C16H20N4OS2. The van der Waals surface area contributed by atoms with Gasteiger partial charge in [-0.25, -0.2) is 0 Å². The van der Waals surface area contributed by atoms with E-state index in [4.69, 9.17) is 0 Å². The second-order valence-electron chi connectivity index (χ2n) is 5.31. The molecule has 3 rings (SSSR count). The molecule has 2 aromatic rings. The normalized spacial score (nSPS) is 16.9. The van der Waals surface area contributed by atoms with Crippen LogP contribution in [0, 0.1) is 0 Å². The highest BCUT2D eigenvalue weighted by atomic mass is 32.2. The number of thioether (sulfide) groups is 1. The first-order chi connectivity index (χ1) is 11.3. The predicted octanol–water partition coefficient (Wildman–Crippen LogP) is 2.83. The molecule has 23 heavy (non-hydrogen) atoms. The molecular weight excluding hydrogens is 328 g/mol. The van der Waals surface area contributed by atoms with Crippen molar-refractivity contribution in [3.8, 4) is 0 Å². The zero-order valence-corrected chi connectivity index (χ0v) is 14.7. The SMILES string of the molecule is CCc1nnc(NC(=O)[C@@H](c2ccccc2)N2CCSCC2)s1. The number of nitrogens with zero attached hydrogens (tertiary/aromatic N) is 3. The number of amides is 1. The molecule has 0 saturated carbocycles. The van der Waals surface area contributed by atoms with Crippen LogP contribution in [0.15, 0.2) is 30.3 Å². The Bertz CT molecular complexity index is 641. The summed E-state index contributed by atoms with van der Waals surface area (Å²) >= 11 is 3.38. The molecule has 1 aromatic carbocycles. The van der Waals surface area contributed by atoms with Gasteiger partial charge in [0.25, 0.3) is 0 Å². The Hall–Kier alpha value is -1.44. The Labute approximate surface area is 144 Å². The van der Waals surface area contributed by atoms with Crippen molar-refractivity contribution in [1.82, 2.24) is 15.1 Å². The first kappa shape index (κ1) is 16.4. The summed E-state index contributed by atoms with van der Waals surface area (Å²) in [4.78, 5) is 15.1. The molecule has 0 unspecified atom stereocenters. The number of rotatable bonds is 5. The van der Waals surface area contributed by atoms with E-state index in [2.05, 4.69) is 20.4 Å². The van der Waals surface area contributed by atoms with E-state index in [0.29, 0.717) is 5.13 Å². The molecule has 1 aliphatic heterocycles. The molecule has 5 nitrogen and oxygen atoms in total. The fraction of sp³-hybridized carbons (Fsp3) is 0.438. The smallest absolute Gasteiger partial charge is 0.248 e. The van der Waals surface area contributed by atoms with Gasteiger partial charge in [-0.05, 0) is 12.0 Å². The number of anilines is 1. The summed E-state index contributed by atoms with van der Waals surface area (Å²) in [5.74, 6) is 2.10. The van der Waals surface area contributed by atoms with Crippen LogP contribution in [0.3, 0.4) is 0 Å². The summed E-state index contributed by atoms with van der Waals surface area (Å²) in [6, 6.07) is 9.70. The van der Waals surface area contributed by atoms with Gasteiger partial charge in [-0.3, -0.25) is 15.0 Å². The number of hydrogen-bond donors (Lipinski definition) is 1. The molecule has 1 atom stereocenters. The van der Waals surface area contributed by atoms with Crippen LogP contribution in [-0.2, 0) is 11.2 Å². The van der Waals surface area contributed by atoms with Crippen LogP contribution in [0.2, 0.25) is 0 Å². The predicted molar refractivity (Wildman–Crippen MR) is 96.0 cm³/mol. The minimum atomic E-state index is -0.272. The third-order valence-electron chi connectivity index (χ3n) is 3.77. The Balaban J connectivity index is 1.80. The van der Waals surface area contributed by atoms with Crippen molar-refractivity contribution in [3.63, 3.8) is 0 Å². The van der Waals surface area contributed by atoms with Gasteiger partial charge in [0.05, 0.1) is 0 Å². The number of aromatic nitrogens is 2. The van der Waals surface area contributed by atoms with Crippen molar-refractivity contribution in [1.29, 1.82) is 0 Å². The maximum atomic E-state index is 12.9. The summed E-state index contributed by atoms with van der Waals surface area (Å²) in [6.45, 7) is 3.88. The summed E-state index contributed by atoms with van der Waals surface area (Å²) in [5, 5.41) is 12.6. The van der Waals surface area contributed by atoms with E-state index in [9.17, 15) is 4.79 Å². The number of carbonyl (C=O) groups excluding carboxylic acids is 1. The van der Waals surface area contributed by atoms with E-state index >= 15 is 0 Å². The van der Waals surface area contributed by atoms with Gasteiger partial charge < -0.3 is 0 Å². The van der Waals surface area contributed by atoms with E-state index in [1.807, 2.05) is 49.0 Å². The Kier molecular flexibility index (Phi) is 5.64. The van der Waals surface area contributed by atoms with Gasteiger partial charge in [0.15, 0.2) is 0 Å². The highest BCUT2D eigenvalue weighted by Gasteiger charge is 2.29. The van der Waals surface area contributed by atoms with Crippen molar-refractivity contribution in [2.45, 2.75) is 19.4 Å². The van der Waals surface area contributed by atoms with E-state index in [0.717, 1.165) is 41.6 Å². The molecule has 0 aliphatic carbocycles. The maximum Gasteiger partial charge on any atom is 0.248 e. The maximum absolute atomic E-state index is 12.9. The summed E-state index contributed by atoms with van der Waals surface area (Å²) in [6.07, 6.45) is 0.832. The lowest BCUT2D eigenvalue weighted by atomic mass is 10.0. The lowest BCUT2D eigenvalue weighted by Crippen LogP contribution is -2.41. The number of aryl methyl sites for hydroxylation is 1. The average Bonchev–Trinajstić information content (AvgIpc) is 3.04. The quantitative estimate of drug-likeness (QED) is 0.900. The molecule has 1 saturated heterocycles. The van der Waals surface area contributed by atoms with Crippen LogP contribution in [-0.4, -0.2) is 45.6 Å².